The van der Waals surface area contributed by atoms with Gasteiger partial charge in [-0.15, -0.1) is 0 Å². The molecule has 0 aliphatic rings. The van der Waals surface area contributed by atoms with E-state index >= 15 is 0 Å². The Morgan fingerprint density at radius 1 is 0.400 bits per heavy atom. The van der Waals surface area contributed by atoms with Gasteiger partial charge in [0.05, 0.1) is 0 Å². The molecule has 0 bridgehead atoms. The molecule has 0 radical (unpaired) electrons. The van der Waals surface area contributed by atoms with E-state index in [0.29, 0.717) is 13.1 Å². The first-order chi connectivity index (χ1) is 33.3. The molecule has 0 aliphatic heterocycles. The van der Waals surface area contributed by atoms with Crippen LogP contribution in [0, 0.1) is 0 Å². The Hall–Kier alpha value is -6.88. The van der Waals surface area contributed by atoms with Crippen molar-refractivity contribution in [3.63, 3.8) is 0 Å². The second-order valence-corrected chi connectivity index (χ2v) is 19.3. The molecule has 0 amide bonds. The molecule has 6 atom stereocenters. The van der Waals surface area contributed by atoms with Crippen LogP contribution < -0.4 is 0 Å². The number of rotatable bonds is 18. The third-order valence-corrected chi connectivity index (χ3v) is 11.4. The van der Waals surface area contributed by atoms with Gasteiger partial charge in [-0.25, -0.2) is 0 Å². The molecule has 368 valence electrons. The van der Waals surface area contributed by atoms with Crippen LogP contribution in [0.2, 0.25) is 0 Å². The number of benzene rings is 6. The Morgan fingerprint density at radius 3 is 0.886 bits per heavy atom. The second kappa shape index (κ2) is 25.6. The van der Waals surface area contributed by atoms with Crippen LogP contribution in [0.3, 0.4) is 0 Å². The minimum absolute atomic E-state index is 0.171. The summed E-state index contributed by atoms with van der Waals surface area (Å²) in [6.45, 7) is 18.8. The summed E-state index contributed by atoms with van der Waals surface area (Å²) in [6, 6.07) is 56.7. The number of carbonyl (C=O) groups is 4. The van der Waals surface area contributed by atoms with E-state index in [4.69, 9.17) is 18.9 Å². The molecule has 0 N–H and O–H groups in total. The fourth-order valence-corrected chi connectivity index (χ4v) is 8.25. The topological polar surface area (TPSA) is 112 Å². The number of ether oxygens (including phenoxy) is 4. The number of nitrogens with zero attached hydrogens (tertiary/aromatic N) is 2. The summed E-state index contributed by atoms with van der Waals surface area (Å²) in [5, 5.41) is 0. The summed E-state index contributed by atoms with van der Waals surface area (Å²) in [4.78, 5) is 56.4. The van der Waals surface area contributed by atoms with Crippen molar-refractivity contribution in [2.24, 2.45) is 0 Å². The smallest absolute Gasteiger partial charge is 0.328 e. The lowest BCUT2D eigenvalue weighted by molar-refractivity contribution is -0.175. The molecule has 0 saturated heterocycles. The van der Waals surface area contributed by atoms with E-state index < -0.39 is 59.4 Å². The summed E-state index contributed by atoms with van der Waals surface area (Å²) in [5.41, 5.74) is 4.23. The van der Waals surface area contributed by atoms with Crippen LogP contribution in [0.5, 0.6) is 0 Å². The van der Waals surface area contributed by atoms with E-state index in [1.165, 1.54) is 13.8 Å². The Morgan fingerprint density at radius 2 is 0.643 bits per heavy atom. The SMILES string of the molecule is CC(=O)O[C@@H](c1ccccc1)[C@@H](C(=O)OC(C)(C)C)N(Cc1ccccc1)[C@H](C)c1ccccc1.CC(=O)O[C@@H](c1ccccc1)[C@@H](C(=O)OC(C)(C)C)N(Cc1ccccc1)[C@H](C)c1ccccc1. The molecule has 0 aromatic heterocycles. The largest absolute Gasteiger partial charge is 0.459 e. The minimum atomic E-state index is -0.879. The van der Waals surface area contributed by atoms with Gasteiger partial charge in [-0.1, -0.05) is 182 Å². The molecule has 0 heterocycles. The molecule has 10 nitrogen and oxygen atoms in total. The lowest BCUT2D eigenvalue weighted by atomic mass is 9.96. The first-order valence-corrected chi connectivity index (χ1v) is 23.9. The quantitative estimate of drug-likeness (QED) is 0.0610. The predicted molar refractivity (Wildman–Crippen MR) is 275 cm³/mol. The third-order valence-electron chi connectivity index (χ3n) is 11.4. The molecule has 0 unspecified atom stereocenters. The monoisotopic (exact) mass is 947 g/mol. The van der Waals surface area contributed by atoms with Crippen molar-refractivity contribution in [1.29, 1.82) is 0 Å². The summed E-state index contributed by atoms with van der Waals surface area (Å²) in [6.07, 6.45) is -1.70. The van der Waals surface area contributed by atoms with E-state index in [0.717, 1.165) is 33.4 Å². The molecule has 0 saturated carbocycles. The summed E-state index contributed by atoms with van der Waals surface area (Å²) in [5.74, 6) is -1.79. The highest BCUT2D eigenvalue weighted by atomic mass is 16.6. The van der Waals surface area contributed by atoms with Gasteiger partial charge in [-0.2, -0.15) is 0 Å². The zero-order valence-corrected chi connectivity index (χ0v) is 42.4. The first kappa shape index (κ1) is 54.1. The van der Waals surface area contributed by atoms with Crippen LogP contribution in [0.4, 0.5) is 0 Å². The molecular weight excluding hydrogens is 877 g/mol. The van der Waals surface area contributed by atoms with Crippen molar-refractivity contribution in [3.8, 4) is 0 Å². The van der Waals surface area contributed by atoms with Gasteiger partial charge in [-0.05, 0) is 88.8 Å². The second-order valence-electron chi connectivity index (χ2n) is 19.3. The van der Waals surface area contributed by atoms with Crippen molar-refractivity contribution in [2.75, 3.05) is 0 Å². The lowest BCUT2D eigenvalue weighted by Gasteiger charge is -2.40. The maximum absolute atomic E-state index is 13.9. The molecule has 6 aromatic carbocycles. The summed E-state index contributed by atoms with van der Waals surface area (Å²) in [7, 11) is 0. The van der Waals surface area contributed by atoms with Gasteiger partial charge in [0.2, 0.25) is 0 Å². The van der Waals surface area contributed by atoms with Gasteiger partial charge >= 0.3 is 23.9 Å². The van der Waals surface area contributed by atoms with Crippen molar-refractivity contribution in [3.05, 3.63) is 215 Å². The predicted octanol–water partition coefficient (Wildman–Crippen LogP) is 12.5. The van der Waals surface area contributed by atoms with Gasteiger partial charge in [0.25, 0.3) is 0 Å². The van der Waals surface area contributed by atoms with E-state index in [9.17, 15) is 19.2 Å². The Labute approximate surface area is 415 Å². The average Bonchev–Trinajstić information content (AvgIpc) is 3.33. The van der Waals surface area contributed by atoms with Crippen molar-refractivity contribution < 1.29 is 38.1 Å². The molecule has 6 aromatic rings. The highest BCUT2D eigenvalue weighted by Gasteiger charge is 2.44. The van der Waals surface area contributed by atoms with E-state index in [2.05, 4.69) is 23.6 Å². The fraction of sp³-hybridized carbons (Fsp3) is 0.333. The standard InChI is InChI=1S/2C30H35NO4/c2*1-22(25-17-11-7-12-18-25)31(21-24-15-9-6-10-16-24)27(29(33)35-30(3,4)5)28(34-23(2)32)26-19-13-8-14-20-26/h2*6-20,22,27-28H,21H2,1-5H3/t2*22-,27+,28+/m11/s1. The van der Waals surface area contributed by atoms with Crippen LogP contribution in [0.15, 0.2) is 182 Å². The van der Waals surface area contributed by atoms with Crippen LogP contribution in [0.25, 0.3) is 0 Å². The van der Waals surface area contributed by atoms with Crippen LogP contribution in [-0.4, -0.2) is 57.0 Å². The number of hydrogen-bond donors (Lipinski definition) is 0. The number of esters is 4. The maximum Gasteiger partial charge on any atom is 0.328 e. The van der Waals surface area contributed by atoms with Gasteiger partial charge in [0, 0.05) is 39.0 Å². The Bertz CT molecular complexity index is 2330. The van der Waals surface area contributed by atoms with Crippen LogP contribution in [-0.2, 0) is 51.2 Å². The molecular formula is C60H70N2O8. The molecule has 0 fully saturated rings. The highest BCUT2D eigenvalue weighted by molar-refractivity contribution is 5.79. The summed E-state index contributed by atoms with van der Waals surface area (Å²) < 4.78 is 23.5. The van der Waals surface area contributed by atoms with Crippen molar-refractivity contribution >= 4 is 23.9 Å². The Balaban J connectivity index is 0.000000261. The average molecular weight is 947 g/mol. The van der Waals surface area contributed by atoms with Gasteiger partial charge < -0.3 is 18.9 Å². The van der Waals surface area contributed by atoms with Gasteiger partial charge in [0.1, 0.15) is 11.2 Å². The summed E-state index contributed by atoms with van der Waals surface area (Å²) >= 11 is 0. The van der Waals surface area contributed by atoms with E-state index in [-0.39, 0.29) is 12.1 Å². The minimum Gasteiger partial charge on any atom is -0.459 e. The van der Waals surface area contributed by atoms with E-state index in [1.54, 1.807) is 0 Å². The maximum atomic E-state index is 13.9. The highest BCUT2D eigenvalue weighted by Crippen LogP contribution is 2.37. The first-order valence-electron chi connectivity index (χ1n) is 23.9. The van der Waals surface area contributed by atoms with Crippen molar-refractivity contribution in [2.45, 2.75) is 130 Å². The van der Waals surface area contributed by atoms with Crippen molar-refractivity contribution in [1.82, 2.24) is 9.80 Å². The van der Waals surface area contributed by atoms with E-state index in [1.807, 2.05) is 224 Å². The lowest BCUT2D eigenvalue weighted by Crippen LogP contribution is -2.49. The zero-order valence-electron chi connectivity index (χ0n) is 42.4. The van der Waals surface area contributed by atoms with Gasteiger partial charge in [-0.3, -0.25) is 29.0 Å². The molecule has 6 rings (SSSR count). The Kier molecular flexibility index (Phi) is 19.8. The third kappa shape index (κ3) is 16.7. The zero-order chi connectivity index (χ0) is 50.8. The number of hydrogen-bond acceptors (Lipinski definition) is 10. The van der Waals surface area contributed by atoms with Crippen LogP contribution >= 0.6 is 0 Å². The molecule has 0 spiro atoms. The molecule has 0 aliphatic carbocycles. The normalized spacial score (nSPS) is 14.1. The fourth-order valence-electron chi connectivity index (χ4n) is 8.25. The molecule has 10 heteroatoms. The van der Waals surface area contributed by atoms with Gasteiger partial charge in [0.15, 0.2) is 24.3 Å². The number of carbonyl (C=O) groups excluding carboxylic acids is 4. The van der Waals surface area contributed by atoms with Crippen LogP contribution in [0.1, 0.15) is 127 Å². The molecule has 70 heavy (non-hydrogen) atoms.